The lowest BCUT2D eigenvalue weighted by atomic mass is 10.0. The number of aliphatic hydroxyl groups is 3. The molecule has 370 valence electrons. The number of nitrogens with one attached hydrogen (secondary N) is 1. The van der Waals surface area contributed by atoms with E-state index < -0.39 is 18.2 Å². The molecule has 63 heavy (non-hydrogen) atoms. The Kier molecular flexibility index (Phi) is 51.5. The fourth-order valence-electron chi connectivity index (χ4n) is 8.55. The average molecular weight is 885 g/mol. The molecule has 0 heterocycles. The number of carbonyl (C=O) groups excluding carboxylic acids is 1. The molecule has 0 aliphatic rings. The number of carbonyl (C=O) groups is 1. The van der Waals surface area contributed by atoms with Crippen molar-refractivity contribution >= 4 is 5.91 Å². The molecule has 0 rings (SSSR count). The van der Waals surface area contributed by atoms with Crippen molar-refractivity contribution in [3.8, 4) is 0 Å². The summed E-state index contributed by atoms with van der Waals surface area (Å²) in [5.41, 5.74) is 0. The third-order valence-corrected chi connectivity index (χ3v) is 12.8. The third kappa shape index (κ3) is 49.6. The minimum Gasteiger partial charge on any atom is -0.394 e. The molecule has 5 heteroatoms. The average Bonchev–Trinajstić information content (AvgIpc) is 3.28. The van der Waals surface area contributed by atoms with E-state index in [2.05, 4.69) is 55.6 Å². The van der Waals surface area contributed by atoms with E-state index in [0.717, 1.165) is 38.5 Å². The molecule has 0 aromatic rings. The number of hydrogen-bond acceptors (Lipinski definition) is 4. The summed E-state index contributed by atoms with van der Waals surface area (Å²) in [5, 5.41) is 33.4. The van der Waals surface area contributed by atoms with Gasteiger partial charge in [0, 0.05) is 0 Å². The Hall–Kier alpha value is -1.69. The third-order valence-electron chi connectivity index (χ3n) is 12.8. The number of rotatable bonds is 51. The van der Waals surface area contributed by atoms with Crippen LogP contribution < -0.4 is 5.32 Å². The molecule has 0 saturated heterocycles. The van der Waals surface area contributed by atoms with Gasteiger partial charge >= 0.3 is 0 Å². The maximum atomic E-state index is 12.5. The van der Waals surface area contributed by atoms with Crippen LogP contribution in [0.2, 0.25) is 0 Å². The van der Waals surface area contributed by atoms with Gasteiger partial charge in [-0.15, -0.1) is 0 Å². The van der Waals surface area contributed by atoms with Crippen LogP contribution in [0.3, 0.4) is 0 Å². The first-order valence-electron chi connectivity index (χ1n) is 27.9. The number of unbranched alkanes of at least 4 members (excludes halogenated alkanes) is 36. The van der Waals surface area contributed by atoms with E-state index in [1.807, 2.05) is 6.08 Å². The van der Waals surface area contributed by atoms with Crippen molar-refractivity contribution < 1.29 is 20.1 Å². The Labute approximate surface area is 393 Å². The van der Waals surface area contributed by atoms with E-state index in [0.29, 0.717) is 6.42 Å². The van der Waals surface area contributed by atoms with Gasteiger partial charge in [-0.3, -0.25) is 4.79 Å². The molecule has 0 aromatic carbocycles. The van der Waals surface area contributed by atoms with E-state index in [1.165, 1.54) is 225 Å². The molecule has 3 unspecified atom stereocenters. The number of aliphatic hydroxyl groups excluding tert-OH is 3. The van der Waals surface area contributed by atoms with Crippen LogP contribution >= 0.6 is 0 Å². The summed E-state index contributed by atoms with van der Waals surface area (Å²) in [7, 11) is 0. The fourth-order valence-corrected chi connectivity index (χ4v) is 8.55. The smallest absolute Gasteiger partial charge is 0.222 e. The highest BCUT2D eigenvalue weighted by Gasteiger charge is 2.20. The van der Waals surface area contributed by atoms with Gasteiger partial charge in [-0.1, -0.05) is 262 Å². The summed E-state index contributed by atoms with van der Waals surface area (Å²) in [4.78, 5) is 12.5. The van der Waals surface area contributed by atoms with Crippen molar-refractivity contribution in [2.45, 2.75) is 308 Å². The van der Waals surface area contributed by atoms with Gasteiger partial charge in [-0.25, -0.2) is 0 Å². The Morgan fingerprint density at radius 1 is 0.397 bits per heavy atom. The standard InChI is InChI=1S/C58H109NO4/c1-3-5-7-9-11-13-15-17-19-21-23-25-26-27-28-29-30-31-32-33-35-37-39-41-43-45-47-49-51-55(61)53-58(63)59-56(54-60)57(62)52-50-48-46-44-42-40-38-36-34-24-22-20-18-16-14-12-10-8-6-4-2/h27-28,34,36,42,44,50,52,55-57,60-62H,3-26,29-33,35,37-41,43,45-49,51,53-54H2,1-2H3,(H,59,63)/b28-27-,36-34+,44-42+,52-50+. The van der Waals surface area contributed by atoms with Crippen molar-refractivity contribution in [3.63, 3.8) is 0 Å². The maximum absolute atomic E-state index is 12.5. The quantitative estimate of drug-likeness (QED) is 0.0362. The van der Waals surface area contributed by atoms with Gasteiger partial charge in [0.05, 0.1) is 31.3 Å². The molecule has 0 bridgehead atoms. The van der Waals surface area contributed by atoms with Gasteiger partial charge in [0.2, 0.25) is 5.91 Å². The first-order valence-corrected chi connectivity index (χ1v) is 27.9. The molecule has 5 nitrogen and oxygen atoms in total. The second-order valence-corrected chi connectivity index (χ2v) is 19.2. The van der Waals surface area contributed by atoms with Gasteiger partial charge in [-0.05, 0) is 70.6 Å². The zero-order valence-electron chi connectivity index (χ0n) is 42.2. The SMILES string of the molecule is CCCCCCCCCCCC/C=C/CC/C=C/CC/C=C/C(O)C(CO)NC(=O)CC(O)CCCCCCCCCCCCCC/C=C\CCCCCCCCCCCCCC. The monoisotopic (exact) mass is 884 g/mol. The van der Waals surface area contributed by atoms with Crippen LogP contribution in [0.1, 0.15) is 290 Å². The van der Waals surface area contributed by atoms with Gasteiger partial charge in [0.25, 0.3) is 0 Å². The summed E-state index contributed by atoms with van der Waals surface area (Å²) in [6.45, 7) is 4.22. The molecular formula is C58H109NO4. The van der Waals surface area contributed by atoms with Gasteiger partial charge < -0.3 is 20.6 Å². The second kappa shape index (κ2) is 52.9. The highest BCUT2D eigenvalue weighted by Crippen LogP contribution is 2.16. The molecule has 0 radical (unpaired) electrons. The lowest BCUT2D eigenvalue weighted by Gasteiger charge is -2.21. The first-order chi connectivity index (χ1) is 31.0. The molecule has 0 fully saturated rings. The summed E-state index contributed by atoms with van der Waals surface area (Å²) in [6.07, 6.45) is 70.1. The highest BCUT2D eigenvalue weighted by molar-refractivity contribution is 5.76. The Morgan fingerprint density at radius 3 is 1.02 bits per heavy atom. The van der Waals surface area contributed by atoms with Crippen LogP contribution in [0.15, 0.2) is 48.6 Å². The molecule has 0 aliphatic carbocycles. The summed E-state index contributed by atoms with van der Waals surface area (Å²) in [6, 6.07) is -0.769. The molecule has 0 saturated carbocycles. The van der Waals surface area contributed by atoms with Crippen LogP contribution in [0.4, 0.5) is 0 Å². The Morgan fingerprint density at radius 2 is 0.683 bits per heavy atom. The normalized spacial score (nSPS) is 13.7. The van der Waals surface area contributed by atoms with Crippen LogP contribution in [0.5, 0.6) is 0 Å². The second-order valence-electron chi connectivity index (χ2n) is 19.2. The lowest BCUT2D eigenvalue weighted by molar-refractivity contribution is -0.124. The van der Waals surface area contributed by atoms with Crippen molar-refractivity contribution in [2.75, 3.05) is 6.61 Å². The van der Waals surface area contributed by atoms with Crippen molar-refractivity contribution in [1.29, 1.82) is 0 Å². The number of amides is 1. The predicted octanol–water partition coefficient (Wildman–Crippen LogP) is 17.2. The molecule has 4 N–H and O–H groups in total. The van der Waals surface area contributed by atoms with Gasteiger partial charge in [-0.2, -0.15) is 0 Å². The van der Waals surface area contributed by atoms with E-state index in [9.17, 15) is 20.1 Å². The van der Waals surface area contributed by atoms with Crippen LogP contribution in [0.25, 0.3) is 0 Å². The van der Waals surface area contributed by atoms with E-state index in [1.54, 1.807) is 6.08 Å². The lowest BCUT2D eigenvalue weighted by Crippen LogP contribution is -2.45. The van der Waals surface area contributed by atoms with Gasteiger partial charge in [0.15, 0.2) is 0 Å². The predicted molar refractivity (Wildman–Crippen MR) is 277 cm³/mol. The van der Waals surface area contributed by atoms with Crippen LogP contribution in [0, 0.1) is 0 Å². The number of allylic oxidation sites excluding steroid dienone is 7. The number of hydrogen-bond donors (Lipinski definition) is 4. The van der Waals surface area contributed by atoms with Crippen molar-refractivity contribution in [2.24, 2.45) is 0 Å². The van der Waals surface area contributed by atoms with E-state index >= 15 is 0 Å². The molecule has 0 aliphatic heterocycles. The first kappa shape index (κ1) is 61.3. The highest BCUT2D eigenvalue weighted by atomic mass is 16.3. The summed E-state index contributed by atoms with van der Waals surface area (Å²) in [5.74, 6) is -0.327. The molecule has 3 atom stereocenters. The Balaban J connectivity index is 3.61. The molecule has 1 amide bonds. The zero-order valence-corrected chi connectivity index (χ0v) is 42.2. The minimum absolute atomic E-state index is 0.00242. The minimum atomic E-state index is -0.961. The Bertz CT molecular complexity index is 1020. The molecular weight excluding hydrogens is 775 g/mol. The van der Waals surface area contributed by atoms with Crippen LogP contribution in [-0.4, -0.2) is 46.1 Å². The largest absolute Gasteiger partial charge is 0.394 e. The van der Waals surface area contributed by atoms with E-state index in [-0.39, 0.29) is 18.9 Å². The molecule has 0 spiro atoms. The van der Waals surface area contributed by atoms with E-state index in [4.69, 9.17) is 0 Å². The fraction of sp³-hybridized carbons (Fsp3) is 0.845. The van der Waals surface area contributed by atoms with Crippen molar-refractivity contribution in [1.82, 2.24) is 5.32 Å². The summed E-state index contributed by atoms with van der Waals surface area (Å²) < 4.78 is 0. The zero-order chi connectivity index (χ0) is 45.8. The molecule has 0 aromatic heterocycles. The van der Waals surface area contributed by atoms with Gasteiger partial charge in [0.1, 0.15) is 0 Å². The summed E-state index contributed by atoms with van der Waals surface area (Å²) >= 11 is 0. The van der Waals surface area contributed by atoms with Crippen molar-refractivity contribution in [3.05, 3.63) is 48.6 Å². The topological polar surface area (TPSA) is 89.8 Å². The van der Waals surface area contributed by atoms with Crippen LogP contribution in [-0.2, 0) is 4.79 Å². The maximum Gasteiger partial charge on any atom is 0.222 e.